The number of amides is 1. The lowest BCUT2D eigenvalue weighted by Gasteiger charge is -2.25. The number of aromatic nitrogens is 3. The molecule has 1 fully saturated rings. The van der Waals surface area contributed by atoms with E-state index in [1.165, 1.54) is 6.07 Å². The van der Waals surface area contributed by atoms with Gasteiger partial charge in [0.2, 0.25) is 0 Å². The van der Waals surface area contributed by atoms with Crippen LogP contribution in [0.15, 0.2) is 36.4 Å². The number of nitrogens with one attached hydrogen (secondary N) is 2. The lowest BCUT2D eigenvalue weighted by atomic mass is 10.2. The molecule has 5 rings (SSSR count). The van der Waals surface area contributed by atoms with Crippen molar-refractivity contribution in [2.75, 3.05) is 36.5 Å². The number of benzene rings is 2. The van der Waals surface area contributed by atoms with Crippen molar-refractivity contribution in [3.05, 3.63) is 47.8 Å². The number of hydrogen-bond donors (Lipinski definition) is 2. The number of rotatable bonds is 4. The van der Waals surface area contributed by atoms with Crippen LogP contribution in [0.5, 0.6) is 0 Å². The lowest BCUT2D eigenvalue weighted by molar-refractivity contribution is 0.102. The third-order valence-corrected chi connectivity index (χ3v) is 5.96. The summed E-state index contributed by atoms with van der Waals surface area (Å²) in [6.45, 7) is 3.01. The second kappa shape index (κ2) is 7.62. The number of hydrogen-bond acceptors (Lipinski definition) is 6. The van der Waals surface area contributed by atoms with Gasteiger partial charge in [0.15, 0.2) is 11.0 Å². The van der Waals surface area contributed by atoms with Crippen molar-refractivity contribution in [2.45, 2.75) is 6.43 Å². The normalized spacial score (nSPS) is 14.7. The first kappa shape index (κ1) is 18.9. The molecule has 0 unspecified atom stereocenters. The van der Waals surface area contributed by atoms with Gasteiger partial charge in [-0.15, -0.1) is 0 Å². The van der Waals surface area contributed by atoms with E-state index in [0.717, 1.165) is 28.4 Å². The number of fused-ring (bicyclic) bond motifs is 2. The topological polar surface area (TPSA) is 83.1 Å². The minimum atomic E-state index is -2.69. The highest BCUT2D eigenvalue weighted by Gasteiger charge is 2.17. The summed E-state index contributed by atoms with van der Waals surface area (Å²) in [6.07, 6.45) is -2.69. The van der Waals surface area contributed by atoms with Crippen LogP contribution in [0.2, 0.25) is 0 Å². The Morgan fingerprint density at radius 3 is 2.73 bits per heavy atom. The number of anilines is 2. The molecule has 2 aromatic heterocycles. The summed E-state index contributed by atoms with van der Waals surface area (Å²) in [7, 11) is 0. The fraction of sp³-hybridized carbons (Fsp3) is 0.250. The highest BCUT2D eigenvalue weighted by atomic mass is 32.1. The predicted molar refractivity (Wildman–Crippen MR) is 112 cm³/mol. The first-order valence-corrected chi connectivity index (χ1v) is 10.2. The van der Waals surface area contributed by atoms with Crippen LogP contribution >= 0.6 is 11.3 Å². The van der Waals surface area contributed by atoms with E-state index in [0.29, 0.717) is 35.5 Å². The van der Waals surface area contributed by atoms with Crippen LogP contribution in [0, 0.1) is 0 Å². The van der Waals surface area contributed by atoms with Gasteiger partial charge in [0.1, 0.15) is 0 Å². The fourth-order valence-corrected chi connectivity index (χ4v) is 4.41. The van der Waals surface area contributed by atoms with Gasteiger partial charge in [-0.1, -0.05) is 11.3 Å². The molecule has 2 aromatic carbocycles. The van der Waals surface area contributed by atoms with E-state index in [1.807, 2.05) is 12.1 Å². The van der Waals surface area contributed by atoms with Crippen LogP contribution < -0.4 is 10.2 Å². The number of alkyl halides is 2. The first-order chi connectivity index (χ1) is 14.6. The monoisotopic (exact) mass is 429 g/mol. The molecule has 0 atom stereocenters. The summed E-state index contributed by atoms with van der Waals surface area (Å²) in [5.41, 5.74) is 2.65. The SMILES string of the molecule is O=C(Nc1ccc2nc(N3CCOCC3)sc2c1)c1ccc2nc(C(F)F)[nH]c2c1. The molecule has 154 valence electrons. The van der Waals surface area contributed by atoms with E-state index in [2.05, 4.69) is 25.2 Å². The summed E-state index contributed by atoms with van der Waals surface area (Å²) >= 11 is 1.57. The molecule has 1 amide bonds. The maximum Gasteiger partial charge on any atom is 0.295 e. The average Bonchev–Trinajstić information content (AvgIpc) is 3.37. The Kier molecular flexibility index (Phi) is 4.80. The van der Waals surface area contributed by atoms with Gasteiger partial charge in [-0.3, -0.25) is 4.79 Å². The molecule has 10 heteroatoms. The second-order valence-electron chi connectivity index (χ2n) is 6.89. The molecule has 0 saturated carbocycles. The van der Waals surface area contributed by atoms with Crippen molar-refractivity contribution in [3.63, 3.8) is 0 Å². The molecular formula is C20H17F2N5O2S. The predicted octanol–water partition coefficient (Wildman–Crippen LogP) is 4.20. The molecule has 0 aliphatic carbocycles. The van der Waals surface area contributed by atoms with E-state index < -0.39 is 12.2 Å². The number of carbonyl (C=O) groups is 1. The van der Waals surface area contributed by atoms with Crippen LogP contribution in [0.1, 0.15) is 22.6 Å². The lowest BCUT2D eigenvalue weighted by Crippen LogP contribution is -2.36. The number of halogens is 2. The Labute approximate surface area is 173 Å². The van der Waals surface area contributed by atoms with Crippen molar-refractivity contribution < 1.29 is 18.3 Å². The van der Waals surface area contributed by atoms with Crippen molar-refractivity contribution >= 4 is 49.3 Å². The highest BCUT2D eigenvalue weighted by molar-refractivity contribution is 7.22. The first-order valence-electron chi connectivity index (χ1n) is 9.39. The molecular weight excluding hydrogens is 412 g/mol. The number of thiazole rings is 1. The molecule has 0 spiro atoms. The Hall–Kier alpha value is -3.11. The van der Waals surface area contributed by atoms with Crippen molar-refractivity contribution in [1.82, 2.24) is 15.0 Å². The van der Waals surface area contributed by atoms with Crippen LogP contribution in [-0.4, -0.2) is 47.2 Å². The number of aromatic amines is 1. The van der Waals surface area contributed by atoms with Gasteiger partial charge in [0.25, 0.3) is 12.3 Å². The molecule has 3 heterocycles. The third kappa shape index (κ3) is 3.59. The minimum Gasteiger partial charge on any atom is -0.378 e. The quantitative estimate of drug-likeness (QED) is 0.508. The third-order valence-electron chi connectivity index (χ3n) is 4.89. The van der Waals surface area contributed by atoms with Gasteiger partial charge in [0, 0.05) is 24.3 Å². The number of H-pyrrole nitrogens is 1. The van der Waals surface area contributed by atoms with Crippen LogP contribution in [0.4, 0.5) is 19.6 Å². The summed E-state index contributed by atoms with van der Waals surface area (Å²) in [4.78, 5) is 25.9. The largest absolute Gasteiger partial charge is 0.378 e. The molecule has 4 aromatic rings. The molecule has 1 aliphatic heterocycles. The zero-order chi connectivity index (χ0) is 20.7. The van der Waals surface area contributed by atoms with E-state index in [1.54, 1.807) is 29.5 Å². The summed E-state index contributed by atoms with van der Waals surface area (Å²) in [5.74, 6) is -0.739. The molecule has 7 nitrogen and oxygen atoms in total. The van der Waals surface area contributed by atoms with Gasteiger partial charge in [0.05, 0.1) is 34.5 Å². The van der Waals surface area contributed by atoms with Crippen LogP contribution in [0.25, 0.3) is 21.3 Å². The number of carbonyl (C=O) groups excluding carboxylic acids is 1. The number of nitrogens with zero attached hydrogens (tertiary/aromatic N) is 3. The second-order valence-corrected chi connectivity index (χ2v) is 7.90. The minimum absolute atomic E-state index is 0.331. The van der Waals surface area contributed by atoms with Crippen molar-refractivity contribution in [2.24, 2.45) is 0 Å². The number of morpholine rings is 1. The summed E-state index contributed by atoms with van der Waals surface area (Å²) < 4.78 is 32.0. The smallest absolute Gasteiger partial charge is 0.295 e. The van der Waals surface area contributed by atoms with E-state index in [9.17, 15) is 13.6 Å². The Morgan fingerprint density at radius 2 is 1.93 bits per heavy atom. The summed E-state index contributed by atoms with van der Waals surface area (Å²) in [5, 5.41) is 3.80. The van der Waals surface area contributed by atoms with Gasteiger partial charge in [-0.05, 0) is 36.4 Å². The Morgan fingerprint density at radius 1 is 1.13 bits per heavy atom. The molecule has 2 N–H and O–H groups in total. The molecule has 1 saturated heterocycles. The van der Waals surface area contributed by atoms with Crippen molar-refractivity contribution in [1.29, 1.82) is 0 Å². The Balaban J connectivity index is 1.36. The zero-order valence-electron chi connectivity index (χ0n) is 15.7. The zero-order valence-corrected chi connectivity index (χ0v) is 16.5. The average molecular weight is 429 g/mol. The Bertz CT molecular complexity index is 1230. The number of ether oxygens (including phenoxy) is 1. The van der Waals surface area contributed by atoms with Gasteiger partial charge >= 0.3 is 0 Å². The van der Waals surface area contributed by atoms with Gasteiger partial charge in [-0.25, -0.2) is 18.7 Å². The molecule has 30 heavy (non-hydrogen) atoms. The highest BCUT2D eigenvalue weighted by Crippen LogP contribution is 2.31. The summed E-state index contributed by atoms with van der Waals surface area (Å²) in [6, 6.07) is 10.2. The maximum absolute atomic E-state index is 12.8. The standard InChI is InChI=1S/C20H17F2N5O2S/c21-17(22)18-24-13-3-1-11(9-15(13)25-18)19(28)23-12-2-4-14-16(10-12)30-20(26-14)27-5-7-29-8-6-27/h1-4,9-10,17H,5-8H2,(H,23,28)(H,24,25). The molecule has 1 aliphatic rings. The van der Waals surface area contributed by atoms with E-state index >= 15 is 0 Å². The van der Waals surface area contributed by atoms with E-state index in [4.69, 9.17) is 4.74 Å². The van der Waals surface area contributed by atoms with E-state index in [-0.39, 0.29) is 5.91 Å². The maximum atomic E-state index is 12.8. The number of imidazole rings is 1. The molecule has 0 bridgehead atoms. The van der Waals surface area contributed by atoms with Gasteiger partial charge in [-0.2, -0.15) is 0 Å². The van der Waals surface area contributed by atoms with Crippen molar-refractivity contribution in [3.8, 4) is 0 Å². The molecule has 0 radical (unpaired) electrons. The van der Waals surface area contributed by atoms with Crippen LogP contribution in [-0.2, 0) is 4.74 Å². The van der Waals surface area contributed by atoms with Crippen LogP contribution in [0.3, 0.4) is 0 Å². The fourth-order valence-electron chi connectivity index (χ4n) is 3.36. The van der Waals surface area contributed by atoms with Gasteiger partial charge < -0.3 is 19.9 Å².